The fraction of sp³-hybridized carbons (Fsp3) is 0.333. The molecule has 1 atom stereocenters. The molecule has 1 aliphatic heterocycles. The lowest BCUT2D eigenvalue weighted by molar-refractivity contribution is -0.143. The van der Waals surface area contributed by atoms with E-state index in [0.717, 1.165) is 23.1 Å². The number of thiophene rings is 1. The van der Waals surface area contributed by atoms with Gasteiger partial charge >= 0.3 is 0 Å². The van der Waals surface area contributed by atoms with Gasteiger partial charge in [-0.2, -0.15) is 0 Å². The molecule has 2 amide bonds. The molecule has 3 aromatic carbocycles. The molecule has 5 heteroatoms. The van der Waals surface area contributed by atoms with Crippen LogP contribution in [-0.4, -0.2) is 40.7 Å². The summed E-state index contributed by atoms with van der Waals surface area (Å²) >= 11 is 1.77. The normalized spacial score (nSPS) is 15.2. The zero-order valence-corrected chi connectivity index (χ0v) is 25.5. The summed E-state index contributed by atoms with van der Waals surface area (Å²) < 4.78 is 0. The number of carbonyl (C=O) groups is 2. The predicted molar refractivity (Wildman–Crippen MR) is 168 cm³/mol. The summed E-state index contributed by atoms with van der Waals surface area (Å²) in [5.74, 6) is -0.545. The van der Waals surface area contributed by atoms with Crippen molar-refractivity contribution in [1.82, 2.24) is 9.80 Å². The van der Waals surface area contributed by atoms with Crippen LogP contribution >= 0.6 is 11.3 Å². The minimum Gasteiger partial charge on any atom is -0.330 e. The van der Waals surface area contributed by atoms with Crippen LogP contribution in [0.15, 0.2) is 96.4 Å². The van der Waals surface area contributed by atoms with Gasteiger partial charge in [0.15, 0.2) is 0 Å². The molecular weight excluding hydrogens is 524 g/mol. The molecule has 1 aromatic heterocycles. The second-order valence-electron chi connectivity index (χ2n) is 12.2. The van der Waals surface area contributed by atoms with Crippen molar-refractivity contribution in [2.24, 2.45) is 0 Å². The van der Waals surface area contributed by atoms with Crippen molar-refractivity contribution >= 4 is 23.2 Å². The molecule has 0 saturated heterocycles. The first kappa shape index (κ1) is 28.8. The summed E-state index contributed by atoms with van der Waals surface area (Å²) in [5, 5.41) is 2.13. The van der Waals surface area contributed by atoms with E-state index in [-0.39, 0.29) is 35.9 Å². The average Bonchev–Trinajstić information content (AvgIpc) is 3.45. The Bertz CT molecular complexity index is 1430. The summed E-state index contributed by atoms with van der Waals surface area (Å²) in [7, 11) is 0. The molecule has 5 rings (SSSR count). The molecule has 0 fully saturated rings. The Morgan fingerprint density at radius 1 is 0.878 bits per heavy atom. The van der Waals surface area contributed by atoms with Crippen LogP contribution in [0, 0.1) is 0 Å². The highest BCUT2D eigenvalue weighted by molar-refractivity contribution is 7.10. The Labute approximate surface area is 248 Å². The number of nitrogens with zero attached hydrogens (tertiary/aromatic N) is 2. The number of amides is 2. The first-order valence-corrected chi connectivity index (χ1v) is 15.4. The van der Waals surface area contributed by atoms with Crippen molar-refractivity contribution in [2.75, 3.05) is 13.1 Å². The molecule has 0 saturated carbocycles. The van der Waals surface area contributed by atoms with E-state index in [4.69, 9.17) is 0 Å². The van der Waals surface area contributed by atoms with Gasteiger partial charge in [0.1, 0.15) is 6.54 Å². The molecule has 0 aliphatic carbocycles. The van der Waals surface area contributed by atoms with Crippen LogP contribution in [0.4, 0.5) is 0 Å². The number of fused-ring (bicyclic) bond motifs is 1. The Morgan fingerprint density at radius 2 is 1.46 bits per heavy atom. The minimum atomic E-state index is -0.474. The molecule has 212 valence electrons. The monoisotopic (exact) mass is 564 g/mol. The summed E-state index contributed by atoms with van der Waals surface area (Å²) in [4.78, 5) is 33.6. The van der Waals surface area contributed by atoms with E-state index >= 15 is 0 Å². The zero-order chi connectivity index (χ0) is 29.1. The van der Waals surface area contributed by atoms with E-state index < -0.39 is 5.92 Å². The first-order chi connectivity index (χ1) is 19.6. The van der Waals surface area contributed by atoms with Crippen LogP contribution in [0.2, 0.25) is 0 Å². The molecule has 1 aliphatic rings. The second-order valence-corrected chi connectivity index (χ2v) is 13.2. The van der Waals surface area contributed by atoms with Gasteiger partial charge in [0.05, 0.1) is 12.0 Å². The van der Waals surface area contributed by atoms with Crippen LogP contribution in [0.25, 0.3) is 0 Å². The van der Waals surface area contributed by atoms with Crippen LogP contribution in [0.5, 0.6) is 0 Å². The molecule has 4 nitrogen and oxygen atoms in total. The number of hydrogen-bond acceptors (Lipinski definition) is 3. The van der Waals surface area contributed by atoms with Crippen molar-refractivity contribution in [1.29, 1.82) is 0 Å². The lowest BCUT2D eigenvalue weighted by atomic mass is 9.85. The average molecular weight is 565 g/mol. The third-order valence-electron chi connectivity index (χ3n) is 8.10. The van der Waals surface area contributed by atoms with Gasteiger partial charge in [0, 0.05) is 17.5 Å². The number of hydrogen-bond donors (Lipinski definition) is 0. The van der Waals surface area contributed by atoms with Crippen molar-refractivity contribution in [3.63, 3.8) is 0 Å². The van der Waals surface area contributed by atoms with E-state index in [1.165, 1.54) is 16.0 Å². The lowest BCUT2D eigenvalue weighted by Crippen LogP contribution is -2.49. The van der Waals surface area contributed by atoms with Gasteiger partial charge in [-0.25, -0.2) is 0 Å². The van der Waals surface area contributed by atoms with E-state index in [9.17, 15) is 9.59 Å². The summed E-state index contributed by atoms with van der Waals surface area (Å²) in [5.41, 5.74) is 5.50. The summed E-state index contributed by atoms with van der Waals surface area (Å²) in [6.07, 6.45) is 0.835. The fourth-order valence-corrected chi connectivity index (χ4v) is 6.70. The molecule has 41 heavy (non-hydrogen) atoms. The van der Waals surface area contributed by atoms with Gasteiger partial charge in [0.25, 0.3) is 0 Å². The van der Waals surface area contributed by atoms with Crippen LogP contribution < -0.4 is 0 Å². The van der Waals surface area contributed by atoms with E-state index in [0.29, 0.717) is 6.54 Å². The maximum absolute atomic E-state index is 14.3. The van der Waals surface area contributed by atoms with Crippen molar-refractivity contribution in [3.05, 3.63) is 129 Å². The Kier molecular flexibility index (Phi) is 8.46. The summed E-state index contributed by atoms with van der Waals surface area (Å²) in [6, 6.07) is 30.3. The highest BCUT2D eigenvalue weighted by Crippen LogP contribution is 2.39. The van der Waals surface area contributed by atoms with Crippen LogP contribution in [-0.2, 0) is 21.4 Å². The topological polar surface area (TPSA) is 40.6 Å². The van der Waals surface area contributed by atoms with Crippen LogP contribution in [0.1, 0.15) is 79.3 Å². The van der Waals surface area contributed by atoms with Gasteiger partial charge in [-0.05, 0) is 64.9 Å². The van der Waals surface area contributed by atoms with Gasteiger partial charge in [-0.1, -0.05) is 106 Å². The Morgan fingerprint density at radius 3 is 2.00 bits per heavy atom. The number of benzene rings is 3. The van der Waals surface area contributed by atoms with Gasteiger partial charge in [-0.3, -0.25) is 9.59 Å². The molecular formula is C36H40N2O2S. The smallest absolute Gasteiger partial charge is 0.243 e. The fourth-order valence-electron chi connectivity index (χ4n) is 5.80. The SMILES string of the molecule is CC(C)N(CC(=O)N1CCc2sccc2[C@@H]1c1ccc(C(C)(C)C)cc1)C(=O)C(c1ccccc1)c1ccccc1. The van der Waals surface area contributed by atoms with Crippen molar-refractivity contribution in [2.45, 2.75) is 64.5 Å². The molecule has 0 unspecified atom stereocenters. The maximum Gasteiger partial charge on any atom is 0.243 e. The van der Waals surface area contributed by atoms with Gasteiger partial charge < -0.3 is 9.80 Å². The first-order valence-electron chi connectivity index (χ1n) is 14.5. The van der Waals surface area contributed by atoms with E-state index in [2.05, 4.69) is 56.5 Å². The largest absolute Gasteiger partial charge is 0.330 e. The maximum atomic E-state index is 14.3. The third kappa shape index (κ3) is 6.15. The zero-order valence-electron chi connectivity index (χ0n) is 24.7. The summed E-state index contributed by atoms with van der Waals surface area (Å²) in [6.45, 7) is 11.3. The minimum absolute atomic E-state index is 0.0197. The highest BCUT2D eigenvalue weighted by atomic mass is 32.1. The quantitative estimate of drug-likeness (QED) is 0.232. The molecule has 0 N–H and O–H groups in total. The lowest BCUT2D eigenvalue weighted by Gasteiger charge is -2.39. The molecule has 0 radical (unpaired) electrons. The Hall–Kier alpha value is -3.70. The Balaban J connectivity index is 1.46. The number of carbonyl (C=O) groups excluding carboxylic acids is 2. The molecule has 0 spiro atoms. The van der Waals surface area contributed by atoms with E-state index in [1.807, 2.05) is 79.4 Å². The highest BCUT2D eigenvalue weighted by Gasteiger charge is 2.36. The predicted octanol–water partition coefficient (Wildman–Crippen LogP) is 7.59. The molecule has 0 bridgehead atoms. The second kappa shape index (κ2) is 12.0. The van der Waals surface area contributed by atoms with Gasteiger partial charge in [0.2, 0.25) is 11.8 Å². The number of rotatable bonds is 7. The third-order valence-corrected chi connectivity index (χ3v) is 9.10. The molecule has 4 aromatic rings. The van der Waals surface area contributed by atoms with Gasteiger partial charge in [-0.15, -0.1) is 11.3 Å². The standard InChI is InChI=1S/C36H40N2O2S/c1-25(2)38(35(40)33(26-12-8-6-9-13-26)27-14-10-7-11-15-27)24-32(39)37-22-20-31-30(21-23-41-31)34(37)28-16-18-29(19-17-28)36(3,4)5/h6-19,21,23,25,33-34H,20,22,24H2,1-5H3/t34-/m0/s1. The van der Waals surface area contributed by atoms with Crippen molar-refractivity contribution in [3.8, 4) is 0 Å². The van der Waals surface area contributed by atoms with Crippen LogP contribution in [0.3, 0.4) is 0 Å². The van der Waals surface area contributed by atoms with E-state index in [1.54, 1.807) is 16.2 Å². The van der Waals surface area contributed by atoms with Crippen molar-refractivity contribution < 1.29 is 9.59 Å². The molecule has 2 heterocycles.